The minimum atomic E-state index is -0.469. The van der Waals surface area contributed by atoms with E-state index in [1.54, 1.807) is 13.0 Å². The molecule has 1 unspecified atom stereocenters. The van der Waals surface area contributed by atoms with Gasteiger partial charge in [0.2, 0.25) is 0 Å². The van der Waals surface area contributed by atoms with Crippen molar-refractivity contribution < 1.29 is 13.9 Å². The number of carbonyl (C=O) groups excluding carboxylic acids is 1. The van der Waals surface area contributed by atoms with Crippen LogP contribution in [-0.2, 0) is 11.2 Å². The number of halogens is 1. The fourth-order valence-electron chi connectivity index (χ4n) is 4.09. The summed E-state index contributed by atoms with van der Waals surface area (Å²) in [5.74, 6) is 0.401. The lowest BCUT2D eigenvalue weighted by Gasteiger charge is -2.36. The summed E-state index contributed by atoms with van der Waals surface area (Å²) in [5.41, 5.74) is 1.49. The second kappa shape index (κ2) is 6.39. The molecule has 120 valence electrons. The predicted molar refractivity (Wildman–Crippen MR) is 84.4 cm³/mol. The highest BCUT2D eigenvalue weighted by Gasteiger charge is 2.36. The van der Waals surface area contributed by atoms with Crippen LogP contribution >= 0.6 is 0 Å². The summed E-state index contributed by atoms with van der Waals surface area (Å²) in [7, 11) is 0. The quantitative estimate of drug-likeness (QED) is 0.748. The average Bonchev–Trinajstić information content (AvgIpc) is 2.51. The number of esters is 1. The van der Waals surface area contributed by atoms with Gasteiger partial charge in [0.1, 0.15) is 11.9 Å². The van der Waals surface area contributed by atoms with Crippen molar-refractivity contribution in [2.45, 2.75) is 64.9 Å². The zero-order valence-electron chi connectivity index (χ0n) is 13.5. The van der Waals surface area contributed by atoms with Crippen LogP contribution in [0, 0.1) is 24.6 Å². The maximum atomic E-state index is 14.1. The van der Waals surface area contributed by atoms with Crippen molar-refractivity contribution in [3.8, 4) is 0 Å². The minimum absolute atomic E-state index is 0.0651. The van der Waals surface area contributed by atoms with E-state index < -0.39 is 11.8 Å². The Kier molecular flexibility index (Phi) is 4.51. The van der Waals surface area contributed by atoms with Crippen molar-refractivity contribution in [3.05, 3.63) is 34.6 Å². The van der Waals surface area contributed by atoms with E-state index in [1.165, 1.54) is 25.7 Å². The maximum Gasteiger partial charge on any atom is 0.341 e. The monoisotopic (exact) mass is 304 g/mol. The first-order valence-electron chi connectivity index (χ1n) is 8.59. The fraction of sp³-hybridized carbons (Fsp3) is 0.632. The lowest BCUT2D eigenvalue weighted by Crippen LogP contribution is -2.36. The Morgan fingerprint density at radius 3 is 2.64 bits per heavy atom. The molecule has 3 rings (SSSR count). The molecule has 1 aliphatic heterocycles. The van der Waals surface area contributed by atoms with E-state index in [0.29, 0.717) is 17.9 Å². The molecule has 0 spiro atoms. The van der Waals surface area contributed by atoms with Crippen LogP contribution in [0.4, 0.5) is 4.39 Å². The molecular weight excluding hydrogens is 279 g/mol. The van der Waals surface area contributed by atoms with Crippen molar-refractivity contribution in [1.29, 1.82) is 0 Å². The first-order chi connectivity index (χ1) is 10.6. The van der Waals surface area contributed by atoms with Gasteiger partial charge >= 0.3 is 5.97 Å². The number of ether oxygens (including phenoxy) is 1. The molecule has 0 bridgehead atoms. The van der Waals surface area contributed by atoms with E-state index in [-0.39, 0.29) is 11.7 Å². The van der Waals surface area contributed by atoms with E-state index in [1.807, 2.05) is 6.07 Å². The largest absolute Gasteiger partial charge is 0.458 e. The van der Waals surface area contributed by atoms with E-state index >= 15 is 0 Å². The molecule has 0 saturated heterocycles. The van der Waals surface area contributed by atoms with Crippen LogP contribution in [0.15, 0.2) is 12.1 Å². The molecule has 0 amide bonds. The van der Waals surface area contributed by atoms with Gasteiger partial charge in [-0.1, -0.05) is 44.7 Å². The highest BCUT2D eigenvalue weighted by Crippen LogP contribution is 2.37. The average molecular weight is 304 g/mol. The van der Waals surface area contributed by atoms with Gasteiger partial charge in [0.15, 0.2) is 0 Å². The number of hydrogen-bond donors (Lipinski definition) is 0. The van der Waals surface area contributed by atoms with E-state index in [9.17, 15) is 9.18 Å². The van der Waals surface area contributed by atoms with Crippen molar-refractivity contribution in [3.63, 3.8) is 0 Å². The molecule has 1 aliphatic carbocycles. The smallest absolute Gasteiger partial charge is 0.341 e. The van der Waals surface area contributed by atoms with E-state index in [2.05, 4.69) is 6.92 Å². The molecule has 1 aromatic rings. The molecule has 2 aliphatic rings. The van der Waals surface area contributed by atoms with Crippen LogP contribution < -0.4 is 0 Å². The molecule has 3 heteroatoms. The Morgan fingerprint density at radius 1 is 1.23 bits per heavy atom. The van der Waals surface area contributed by atoms with Gasteiger partial charge in [-0.25, -0.2) is 9.18 Å². The summed E-state index contributed by atoms with van der Waals surface area (Å²) >= 11 is 0. The van der Waals surface area contributed by atoms with Crippen molar-refractivity contribution >= 4 is 5.97 Å². The van der Waals surface area contributed by atoms with E-state index in [0.717, 1.165) is 24.3 Å². The third-order valence-electron chi connectivity index (χ3n) is 5.42. The van der Waals surface area contributed by atoms with Gasteiger partial charge in [-0.3, -0.25) is 0 Å². The van der Waals surface area contributed by atoms with Gasteiger partial charge in [0.25, 0.3) is 0 Å². The predicted octanol–water partition coefficient (Wildman–Crippen LogP) is 4.82. The highest BCUT2D eigenvalue weighted by molar-refractivity contribution is 5.92. The molecule has 0 radical (unpaired) electrons. The van der Waals surface area contributed by atoms with Gasteiger partial charge in [-0.15, -0.1) is 0 Å². The Balaban J connectivity index is 1.71. The summed E-state index contributed by atoms with van der Waals surface area (Å²) in [6.07, 6.45) is 7.90. The molecule has 1 fully saturated rings. The maximum absolute atomic E-state index is 14.1. The van der Waals surface area contributed by atoms with Crippen molar-refractivity contribution in [2.24, 2.45) is 11.8 Å². The van der Waals surface area contributed by atoms with Gasteiger partial charge in [0.05, 0.1) is 5.56 Å². The lowest BCUT2D eigenvalue weighted by atomic mass is 9.76. The van der Waals surface area contributed by atoms with Crippen molar-refractivity contribution in [2.75, 3.05) is 0 Å². The Morgan fingerprint density at radius 2 is 1.95 bits per heavy atom. The Hall–Kier alpha value is -1.38. The summed E-state index contributed by atoms with van der Waals surface area (Å²) in [6.45, 7) is 3.92. The zero-order valence-corrected chi connectivity index (χ0v) is 13.5. The third kappa shape index (κ3) is 2.90. The number of hydrogen-bond acceptors (Lipinski definition) is 2. The first-order valence-corrected chi connectivity index (χ1v) is 8.59. The van der Waals surface area contributed by atoms with E-state index in [4.69, 9.17) is 4.74 Å². The van der Waals surface area contributed by atoms with Crippen LogP contribution in [0.5, 0.6) is 0 Å². The van der Waals surface area contributed by atoms with Gasteiger partial charge in [0, 0.05) is 6.42 Å². The summed E-state index contributed by atoms with van der Waals surface area (Å²) in [4.78, 5) is 12.2. The van der Waals surface area contributed by atoms with Crippen LogP contribution in [0.2, 0.25) is 0 Å². The Bertz CT molecular complexity index is 559. The Labute approximate surface area is 132 Å². The number of carbonyl (C=O) groups is 1. The standard InChI is InChI=1S/C19H25FO2/c1-3-4-13-6-9-14(10-7-13)16-11-15-8-5-12(2)18(20)17(15)19(21)22-16/h5,8,13-14,16H,3-4,6-7,9-11H2,1-2H3. The van der Waals surface area contributed by atoms with Crippen LogP contribution in [0.1, 0.15) is 66.9 Å². The number of benzene rings is 1. The summed E-state index contributed by atoms with van der Waals surface area (Å²) < 4.78 is 19.7. The number of aryl methyl sites for hydroxylation is 1. The minimum Gasteiger partial charge on any atom is -0.458 e. The van der Waals surface area contributed by atoms with Crippen LogP contribution in [-0.4, -0.2) is 12.1 Å². The third-order valence-corrected chi connectivity index (χ3v) is 5.42. The highest BCUT2D eigenvalue weighted by atomic mass is 19.1. The molecule has 22 heavy (non-hydrogen) atoms. The van der Waals surface area contributed by atoms with Crippen molar-refractivity contribution in [1.82, 2.24) is 0 Å². The molecule has 1 aromatic carbocycles. The summed E-state index contributed by atoms with van der Waals surface area (Å²) in [6, 6.07) is 3.66. The summed E-state index contributed by atoms with van der Waals surface area (Å²) in [5, 5.41) is 0. The number of fused-ring (bicyclic) bond motifs is 1. The van der Waals surface area contributed by atoms with Gasteiger partial charge in [-0.05, 0) is 42.7 Å². The molecule has 2 nitrogen and oxygen atoms in total. The lowest BCUT2D eigenvalue weighted by molar-refractivity contribution is -0.000923. The van der Waals surface area contributed by atoms with Crippen LogP contribution in [0.25, 0.3) is 0 Å². The number of rotatable bonds is 3. The molecule has 1 heterocycles. The first kappa shape index (κ1) is 15.5. The molecule has 1 saturated carbocycles. The second-order valence-corrected chi connectivity index (χ2v) is 6.95. The zero-order chi connectivity index (χ0) is 15.7. The van der Waals surface area contributed by atoms with Gasteiger partial charge in [-0.2, -0.15) is 0 Å². The van der Waals surface area contributed by atoms with Crippen LogP contribution in [0.3, 0.4) is 0 Å². The molecule has 0 aromatic heterocycles. The SMILES string of the molecule is CCCC1CCC(C2Cc3ccc(C)c(F)c3C(=O)O2)CC1. The topological polar surface area (TPSA) is 26.3 Å². The molecular formula is C19H25FO2. The fourth-order valence-corrected chi connectivity index (χ4v) is 4.09. The molecule has 0 N–H and O–H groups in total. The number of cyclic esters (lactones) is 1. The molecule has 1 atom stereocenters. The van der Waals surface area contributed by atoms with Gasteiger partial charge < -0.3 is 4.74 Å². The second-order valence-electron chi connectivity index (χ2n) is 6.95. The normalized spacial score (nSPS) is 28.1.